The number of benzene rings is 1. The molecule has 7 atom stereocenters. The Morgan fingerprint density at radius 3 is 2.24 bits per heavy atom. The van der Waals surface area contributed by atoms with Gasteiger partial charge < -0.3 is 37.9 Å². The van der Waals surface area contributed by atoms with Crippen molar-refractivity contribution in [1.29, 1.82) is 0 Å². The quantitative estimate of drug-likeness (QED) is 0.413. The first-order valence-corrected chi connectivity index (χ1v) is 11.6. The van der Waals surface area contributed by atoms with Crippen LogP contribution in [0.25, 0.3) is 0 Å². The van der Waals surface area contributed by atoms with Crippen molar-refractivity contribution in [2.45, 2.75) is 74.6 Å². The van der Waals surface area contributed by atoms with Crippen molar-refractivity contribution in [2.75, 3.05) is 28.4 Å². The van der Waals surface area contributed by atoms with Gasteiger partial charge in [-0.05, 0) is 24.5 Å². The lowest BCUT2D eigenvalue weighted by molar-refractivity contribution is -0.495. The predicted octanol–water partition coefficient (Wildman–Crippen LogP) is 2.72. The maximum absolute atomic E-state index is 11.8. The molecule has 2 aliphatic heterocycles. The predicted molar refractivity (Wildman–Crippen MR) is 120 cm³/mol. The van der Waals surface area contributed by atoms with E-state index < -0.39 is 48.2 Å². The van der Waals surface area contributed by atoms with Crippen LogP contribution in [0.4, 0.5) is 0 Å². The number of esters is 1. The summed E-state index contributed by atoms with van der Waals surface area (Å²) < 4.78 is 48.1. The topological polar surface area (TPSA) is 90.9 Å². The van der Waals surface area contributed by atoms with Crippen LogP contribution in [-0.2, 0) is 49.3 Å². The number of ether oxygens (including phenoxy) is 8. The number of carbonyl (C=O) groups is 1. The summed E-state index contributed by atoms with van der Waals surface area (Å²) in [6.07, 6.45) is 2.59. The fraction of sp³-hybridized carbons (Fsp3) is 0.640. The number of hydrogen-bond acceptors (Lipinski definition) is 9. The molecule has 188 valence electrons. The maximum atomic E-state index is 11.8. The summed E-state index contributed by atoms with van der Waals surface area (Å²) in [5.74, 6) is -2.73. The molecule has 2 saturated heterocycles. The smallest absolute Gasteiger partial charge is 0.330 e. The Morgan fingerprint density at radius 2 is 1.65 bits per heavy atom. The van der Waals surface area contributed by atoms with Gasteiger partial charge in [-0.15, -0.1) is 0 Å². The molecule has 9 heteroatoms. The minimum Gasteiger partial charge on any atom is -0.466 e. The van der Waals surface area contributed by atoms with Crippen LogP contribution >= 0.6 is 0 Å². The fourth-order valence-electron chi connectivity index (χ4n) is 5.08. The lowest BCUT2D eigenvalue weighted by atomic mass is 9.83. The van der Waals surface area contributed by atoms with Crippen LogP contribution in [-0.4, -0.2) is 76.7 Å². The van der Waals surface area contributed by atoms with Crippen LogP contribution in [0.3, 0.4) is 0 Å². The standard InChI is InChI=1S/C25H34O9/c1-27-19(26)13-12-18-20-21(34-25(30-4)15-9-8-14-24(25,29-3)33-20)22(23(28-2)32-18)31-16-17-10-6-5-7-11-17/h5-7,10-13,18,20-23H,8-9,14-16H2,1-4H3/b13-12-/t18-,20-,21+,22+,23+,24+,25+/m1/s1. The van der Waals surface area contributed by atoms with Crippen molar-refractivity contribution in [2.24, 2.45) is 0 Å². The molecule has 0 spiro atoms. The fourth-order valence-corrected chi connectivity index (χ4v) is 5.08. The van der Waals surface area contributed by atoms with Gasteiger partial charge in [0.2, 0.25) is 11.6 Å². The minimum absolute atomic E-state index is 0.333. The highest BCUT2D eigenvalue weighted by Crippen LogP contribution is 2.51. The Kier molecular flexibility index (Phi) is 8.04. The van der Waals surface area contributed by atoms with E-state index in [1.54, 1.807) is 27.4 Å². The van der Waals surface area contributed by atoms with Crippen molar-refractivity contribution in [3.05, 3.63) is 48.0 Å². The number of carbonyl (C=O) groups excluding carboxylic acids is 1. The summed E-state index contributed by atoms with van der Waals surface area (Å²) in [5.41, 5.74) is 1.00. The maximum Gasteiger partial charge on any atom is 0.330 e. The third kappa shape index (κ3) is 4.66. The highest BCUT2D eigenvalue weighted by molar-refractivity contribution is 5.81. The molecule has 3 fully saturated rings. The van der Waals surface area contributed by atoms with Crippen molar-refractivity contribution < 1.29 is 42.7 Å². The van der Waals surface area contributed by atoms with E-state index in [1.807, 2.05) is 30.3 Å². The van der Waals surface area contributed by atoms with Gasteiger partial charge in [0.15, 0.2) is 6.29 Å². The summed E-state index contributed by atoms with van der Waals surface area (Å²) in [4.78, 5) is 11.8. The van der Waals surface area contributed by atoms with E-state index in [4.69, 9.17) is 37.9 Å². The molecule has 4 rings (SSSR count). The highest BCUT2D eigenvalue weighted by Gasteiger charge is 2.66. The first-order valence-electron chi connectivity index (χ1n) is 11.6. The third-order valence-corrected chi connectivity index (χ3v) is 6.83. The molecule has 0 aromatic heterocycles. The normalized spacial score (nSPS) is 37.7. The summed E-state index contributed by atoms with van der Waals surface area (Å²) in [5, 5.41) is 0. The van der Waals surface area contributed by atoms with Gasteiger partial charge >= 0.3 is 5.97 Å². The van der Waals surface area contributed by atoms with E-state index in [1.165, 1.54) is 13.2 Å². The van der Waals surface area contributed by atoms with Gasteiger partial charge in [-0.25, -0.2) is 4.79 Å². The average Bonchev–Trinajstić information content (AvgIpc) is 2.89. The van der Waals surface area contributed by atoms with Crippen LogP contribution in [0, 0.1) is 0 Å². The number of fused-ring (bicyclic) bond motifs is 2. The van der Waals surface area contributed by atoms with Crippen LogP contribution < -0.4 is 0 Å². The second kappa shape index (κ2) is 10.8. The molecular weight excluding hydrogens is 444 g/mol. The third-order valence-electron chi connectivity index (χ3n) is 6.83. The van der Waals surface area contributed by atoms with Crippen LogP contribution in [0.2, 0.25) is 0 Å². The Bertz CT molecular complexity index is 846. The zero-order chi connectivity index (χ0) is 24.2. The molecule has 9 nitrogen and oxygen atoms in total. The van der Waals surface area contributed by atoms with Crippen LogP contribution in [0.5, 0.6) is 0 Å². The Balaban J connectivity index is 1.68. The lowest BCUT2D eigenvalue weighted by Gasteiger charge is -2.60. The molecule has 0 bridgehead atoms. The summed E-state index contributed by atoms with van der Waals surface area (Å²) in [7, 11) is 6.05. The molecule has 3 aliphatic rings. The second-order valence-electron chi connectivity index (χ2n) is 8.63. The van der Waals surface area contributed by atoms with E-state index in [0.717, 1.165) is 18.4 Å². The molecule has 1 saturated carbocycles. The number of methoxy groups -OCH3 is 4. The molecule has 1 aromatic rings. The number of hydrogen-bond donors (Lipinski definition) is 0. The van der Waals surface area contributed by atoms with Crippen molar-refractivity contribution in [1.82, 2.24) is 0 Å². The monoisotopic (exact) mass is 478 g/mol. The van der Waals surface area contributed by atoms with Gasteiger partial charge in [-0.1, -0.05) is 30.3 Å². The van der Waals surface area contributed by atoms with E-state index in [2.05, 4.69) is 0 Å². The van der Waals surface area contributed by atoms with E-state index in [-0.39, 0.29) is 0 Å². The first kappa shape index (κ1) is 25.2. The summed E-state index contributed by atoms with van der Waals surface area (Å²) >= 11 is 0. The van der Waals surface area contributed by atoms with Gasteiger partial charge in [0.25, 0.3) is 0 Å². The van der Waals surface area contributed by atoms with Gasteiger partial charge in [0, 0.05) is 40.2 Å². The van der Waals surface area contributed by atoms with E-state index in [9.17, 15) is 4.79 Å². The van der Waals surface area contributed by atoms with Gasteiger partial charge in [0.05, 0.1) is 13.7 Å². The SMILES string of the molecule is COC(=O)/C=C\[C@H]1O[C@H](OC)[C@@H](OCc2ccccc2)[C@H]2O[C@@]3(OC)CCCC[C@]3(OC)O[C@@H]21. The van der Waals surface area contributed by atoms with Gasteiger partial charge in [0.1, 0.15) is 24.4 Å². The van der Waals surface area contributed by atoms with Gasteiger partial charge in [-0.3, -0.25) is 0 Å². The molecule has 1 aliphatic carbocycles. The van der Waals surface area contributed by atoms with Crippen molar-refractivity contribution >= 4 is 5.97 Å². The molecule has 34 heavy (non-hydrogen) atoms. The van der Waals surface area contributed by atoms with Crippen LogP contribution in [0.1, 0.15) is 31.2 Å². The minimum atomic E-state index is -1.12. The Hall–Kier alpha value is -1.85. The molecule has 2 heterocycles. The molecule has 0 amide bonds. The second-order valence-corrected chi connectivity index (χ2v) is 8.63. The lowest BCUT2D eigenvalue weighted by Crippen LogP contribution is -2.75. The van der Waals surface area contributed by atoms with E-state index >= 15 is 0 Å². The zero-order valence-electron chi connectivity index (χ0n) is 20.1. The Labute approximate surface area is 200 Å². The van der Waals surface area contributed by atoms with E-state index in [0.29, 0.717) is 19.4 Å². The number of rotatable bonds is 8. The first-order chi connectivity index (χ1) is 16.5. The summed E-state index contributed by atoms with van der Waals surface area (Å²) in [6.45, 7) is 0.333. The Morgan fingerprint density at radius 1 is 1.00 bits per heavy atom. The van der Waals surface area contributed by atoms with Gasteiger partial charge in [-0.2, -0.15) is 0 Å². The zero-order valence-corrected chi connectivity index (χ0v) is 20.1. The average molecular weight is 479 g/mol. The van der Waals surface area contributed by atoms with Crippen molar-refractivity contribution in [3.8, 4) is 0 Å². The molecular formula is C25H34O9. The van der Waals surface area contributed by atoms with Crippen LogP contribution in [0.15, 0.2) is 42.5 Å². The molecule has 0 radical (unpaired) electrons. The highest BCUT2D eigenvalue weighted by atomic mass is 16.8. The largest absolute Gasteiger partial charge is 0.466 e. The molecule has 1 aromatic carbocycles. The molecule has 0 unspecified atom stereocenters. The van der Waals surface area contributed by atoms with Crippen molar-refractivity contribution in [3.63, 3.8) is 0 Å². The summed E-state index contributed by atoms with van der Waals surface area (Å²) in [6, 6.07) is 9.83. The molecule has 0 N–H and O–H groups in total.